The van der Waals surface area contributed by atoms with Gasteiger partial charge in [-0.1, -0.05) is 64.4 Å². The number of carboxylic acids is 1. The number of ether oxygens (including phenoxy) is 1. The summed E-state index contributed by atoms with van der Waals surface area (Å²) in [5.41, 5.74) is 6.07. The Labute approximate surface area is 236 Å². The van der Waals surface area contributed by atoms with Crippen LogP contribution < -0.4 is 25.8 Å². The van der Waals surface area contributed by atoms with Crippen molar-refractivity contribution in [1.82, 2.24) is 20.1 Å². The van der Waals surface area contributed by atoms with Crippen molar-refractivity contribution >= 4 is 34.0 Å². The Morgan fingerprint density at radius 2 is 1.43 bits per heavy atom. The third kappa shape index (κ3) is 12.0. The molecule has 14 heteroatoms. The second-order valence-corrected chi connectivity index (χ2v) is 11.6. The number of benzene rings is 1. The van der Waals surface area contributed by atoms with Crippen molar-refractivity contribution < 1.29 is 37.4 Å². The summed E-state index contributed by atoms with van der Waals surface area (Å²) in [5, 5.41) is 14.7. The molecule has 40 heavy (non-hydrogen) atoms. The van der Waals surface area contributed by atoms with Crippen molar-refractivity contribution in [3.63, 3.8) is 0 Å². The van der Waals surface area contributed by atoms with Gasteiger partial charge in [-0.25, -0.2) is 4.79 Å². The van der Waals surface area contributed by atoms with E-state index in [9.17, 15) is 32.7 Å². The Morgan fingerprint density at radius 3 is 1.93 bits per heavy atom. The molecule has 4 atom stereocenters. The molecule has 0 aromatic heterocycles. The van der Waals surface area contributed by atoms with Gasteiger partial charge in [0.05, 0.1) is 7.11 Å². The monoisotopic (exact) mass is 585 g/mol. The molecule has 0 unspecified atom stereocenters. The summed E-state index contributed by atoms with van der Waals surface area (Å²) in [5.74, 6) is -4.18. The second kappa shape index (κ2) is 16.9. The molecule has 0 saturated heterocycles. The Hall–Kier alpha value is -3.07. The summed E-state index contributed by atoms with van der Waals surface area (Å²) in [6.45, 7) is 7.15. The minimum Gasteiger partial charge on any atom is -0.480 e. The highest BCUT2D eigenvalue weighted by molar-refractivity contribution is 7.87. The average Bonchev–Trinajstić information content (AvgIpc) is 2.88. The molecule has 0 aliphatic heterocycles. The minimum atomic E-state index is -4.48. The molecule has 0 heterocycles. The quantitative estimate of drug-likeness (QED) is 0.102. The van der Waals surface area contributed by atoms with Crippen LogP contribution in [0, 0.1) is 11.8 Å². The van der Waals surface area contributed by atoms with Crippen molar-refractivity contribution in [2.45, 2.75) is 77.5 Å². The largest absolute Gasteiger partial charge is 0.480 e. The third-order valence-corrected chi connectivity index (χ3v) is 7.30. The van der Waals surface area contributed by atoms with Crippen LogP contribution in [0.1, 0.15) is 52.5 Å². The lowest BCUT2D eigenvalue weighted by Crippen LogP contribution is -2.59. The van der Waals surface area contributed by atoms with E-state index >= 15 is 0 Å². The molecule has 0 bridgehead atoms. The lowest BCUT2D eigenvalue weighted by atomic mass is 9.99. The number of rotatable bonds is 18. The average molecular weight is 586 g/mol. The van der Waals surface area contributed by atoms with Crippen LogP contribution >= 0.6 is 0 Å². The number of nitrogens with one attached hydrogen (secondary N) is 4. The van der Waals surface area contributed by atoms with Gasteiger partial charge in [-0.15, -0.1) is 0 Å². The number of methoxy groups -OCH3 is 1. The highest BCUT2D eigenvalue weighted by Crippen LogP contribution is 2.10. The smallest absolute Gasteiger partial charge is 0.328 e. The zero-order chi connectivity index (χ0) is 30.5. The van der Waals surface area contributed by atoms with E-state index < -0.39 is 64.0 Å². The molecule has 2 amide bonds. The number of amides is 2. The van der Waals surface area contributed by atoms with E-state index in [2.05, 4.69) is 20.1 Å². The van der Waals surface area contributed by atoms with Crippen LogP contribution in [0.5, 0.6) is 0 Å². The molecule has 0 aliphatic carbocycles. The lowest BCUT2D eigenvalue weighted by Gasteiger charge is -2.28. The van der Waals surface area contributed by atoms with Crippen molar-refractivity contribution in [2.75, 3.05) is 13.7 Å². The Balaban J connectivity index is 3.20. The Morgan fingerprint density at radius 1 is 0.875 bits per heavy atom. The fourth-order valence-corrected chi connectivity index (χ4v) is 5.05. The van der Waals surface area contributed by atoms with E-state index in [1.165, 1.54) is 7.11 Å². The van der Waals surface area contributed by atoms with Crippen LogP contribution in [0.3, 0.4) is 0 Å². The normalized spacial score (nSPS) is 14.7. The summed E-state index contributed by atoms with van der Waals surface area (Å²) in [6.07, 6.45) is 0.833. The van der Waals surface area contributed by atoms with Crippen LogP contribution in [0.15, 0.2) is 30.3 Å². The predicted molar refractivity (Wildman–Crippen MR) is 149 cm³/mol. The number of unbranched alkanes of at least 4 members (excludes halogenated alkanes) is 1. The molecule has 226 valence electrons. The highest BCUT2D eigenvalue weighted by Gasteiger charge is 2.34. The molecule has 1 aromatic rings. The molecule has 0 radical (unpaired) electrons. The van der Waals surface area contributed by atoms with Gasteiger partial charge in [-0.3, -0.25) is 14.4 Å². The fraction of sp³-hybridized carbons (Fsp3) is 0.615. The van der Waals surface area contributed by atoms with Crippen LogP contribution in [-0.4, -0.2) is 75.1 Å². The van der Waals surface area contributed by atoms with Crippen molar-refractivity contribution in [1.29, 1.82) is 0 Å². The number of carbonyl (C=O) groups is 4. The van der Waals surface area contributed by atoms with Crippen LogP contribution in [0.4, 0.5) is 0 Å². The standard InChI is InChI=1S/C26H43N5O8S/c1-16(2)21(24(33)29-22(17(3)4)26(36)39-5)28-23(32)20(15-18-11-7-6-8-12-18)31-40(37,38)30-19(25(34)35)13-9-10-14-27/h6-8,11-12,16-17,19-22,30-31H,9-10,13-15,27H2,1-5H3,(H,28,32)(H,29,33)(H,34,35)/t19-,20-,21-,22-/m0/s1. The van der Waals surface area contributed by atoms with Gasteiger partial charge in [0.1, 0.15) is 24.2 Å². The van der Waals surface area contributed by atoms with Gasteiger partial charge in [0.15, 0.2) is 0 Å². The van der Waals surface area contributed by atoms with Crippen molar-refractivity contribution in [3.8, 4) is 0 Å². The minimum absolute atomic E-state index is 0.00972. The Bertz CT molecular complexity index is 1080. The van der Waals surface area contributed by atoms with Crippen LogP contribution in [0.25, 0.3) is 0 Å². The zero-order valence-corrected chi connectivity index (χ0v) is 24.5. The van der Waals surface area contributed by atoms with Gasteiger partial charge in [0.25, 0.3) is 10.2 Å². The number of carboxylic acid groups (broad SMARTS) is 1. The first-order valence-corrected chi connectivity index (χ1v) is 14.7. The van der Waals surface area contributed by atoms with Crippen molar-refractivity contribution in [2.24, 2.45) is 17.6 Å². The summed E-state index contributed by atoms with van der Waals surface area (Å²) in [6, 6.07) is 3.71. The first-order valence-electron chi connectivity index (χ1n) is 13.2. The number of aliphatic carboxylic acids is 1. The van der Waals surface area contributed by atoms with Gasteiger partial charge in [0, 0.05) is 0 Å². The molecular formula is C26H43N5O8S. The topological polar surface area (TPSA) is 206 Å². The summed E-state index contributed by atoms with van der Waals surface area (Å²) < 4.78 is 35.0. The van der Waals surface area contributed by atoms with E-state index in [-0.39, 0.29) is 18.8 Å². The molecule has 7 N–H and O–H groups in total. The maximum Gasteiger partial charge on any atom is 0.328 e. The van der Waals surface area contributed by atoms with E-state index in [1.54, 1.807) is 58.0 Å². The number of hydrogen-bond acceptors (Lipinski definition) is 8. The molecule has 13 nitrogen and oxygen atoms in total. The zero-order valence-electron chi connectivity index (χ0n) is 23.7. The van der Waals surface area contributed by atoms with Crippen LogP contribution in [-0.2, 0) is 40.5 Å². The summed E-state index contributed by atoms with van der Waals surface area (Å²) in [4.78, 5) is 50.3. The highest BCUT2D eigenvalue weighted by atomic mass is 32.2. The lowest BCUT2D eigenvalue weighted by molar-refractivity contribution is -0.147. The second-order valence-electron chi connectivity index (χ2n) is 10.1. The summed E-state index contributed by atoms with van der Waals surface area (Å²) >= 11 is 0. The van der Waals surface area contributed by atoms with E-state index in [0.29, 0.717) is 24.9 Å². The fourth-order valence-electron chi connectivity index (χ4n) is 3.83. The molecule has 0 aliphatic rings. The van der Waals surface area contributed by atoms with Gasteiger partial charge >= 0.3 is 11.9 Å². The maximum absolute atomic E-state index is 13.4. The van der Waals surface area contributed by atoms with E-state index in [1.807, 2.05) is 0 Å². The van der Waals surface area contributed by atoms with Crippen molar-refractivity contribution in [3.05, 3.63) is 35.9 Å². The van der Waals surface area contributed by atoms with Crippen LogP contribution in [0.2, 0.25) is 0 Å². The number of carbonyl (C=O) groups excluding carboxylic acids is 3. The first-order chi connectivity index (χ1) is 18.7. The molecule has 1 rings (SSSR count). The Kier molecular flexibility index (Phi) is 14.8. The number of nitrogens with two attached hydrogens (primary N) is 1. The predicted octanol–water partition coefficient (Wildman–Crippen LogP) is 0.0585. The van der Waals surface area contributed by atoms with Gasteiger partial charge < -0.3 is 26.2 Å². The van der Waals surface area contributed by atoms with Gasteiger partial charge in [0.2, 0.25) is 11.8 Å². The van der Waals surface area contributed by atoms with E-state index in [4.69, 9.17) is 10.5 Å². The molecule has 1 aromatic carbocycles. The van der Waals surface area contributed by atoms with Gasteiger partial charge in [-0.05, 0) is 43.2 Å². The molecule has 0 saturated carbocycles. The third-order valence-electron chi connectivity index (χ3n) is 6.11. The first kappa shape index (κ1) is 35.0. The summed E-state index contributed by atoms with van der Waals surface area (Å²) in [7, 11) is -3.28. The molecule has 0 fully saturated rings. The SMILES string of the molecule is COC(=O)[C@@H](NC(=O)[C@@H](NC(=O)[C@H](Cc1ccccc1)NS(=O)(=O)N[C@@H](CCCCN)C(=O)O)C(C)C)C(C)C. The molecular weight excluding hydrogens is 542 g/mol. The van der Waals surface area contributed by atoms with Gasteiger partial charge in [-0.2, -0.15) is 17.9 Å². The van der Waals surface area contributed by atoms with E-state index in [0.717, 1.165) is 0 Å². The maximum atomic E-state index is 13.4. The molecule has 0 spiro atoms. The number of hydrogen-bond donors (Lipinski definition) is 6. The number of esters is 1.